The summed E-state index contributed by atoms with van der Waals surface area (Å²) in [6, 6.07) is 18.6. The molecule has 0 saturated carbocycles. The first-order chi connectivity index (χ1) is 11.6. The number of phenols is 1. The molecule has 0 aliphatic heterocycles. The second-order valence-corrected chi connectivity index (χ2v) is 5.69. The van der Waals surface area contributed by atoms with E-state index in [0.717, 1.165) is 11.3 Å². The van der Waals surface area contributed by atoms with E-state index in [1.165, 1.54) is 0 Å². The van der Waals surface area contributed by atoms with Gasteiger partial charge in [-0.1, -0.05) is 41.6 Å². The summed E-state index contributed by atoms with van der Waals surface area (Å²) in [4.78, 5) is 1.79. The van der Waals surface area contributed by atoms with E-state index in [1.807, 2.05) is 49.4 Å². The van der Waals surface area contributed by atoms with Crippen molar-refractivity contribution in [3.8, 4) is 5.75 Å². The molecule has 0 radical (unpaired) electrons. The highest BCUT2D eigenvalue weighted by Crippen LogP contribution is 2.23. The minimum absolute atomic E-state index is 0.213. The van der Waals surface area contributed by atoms with Gasteiger partial charge >= 0.3 is 0 Å². The number of phenolic OH excluding ortho intramolecular Hbond substituents is 1. The van der Waals surface area contributed by atoms with Crippen LogP contribution in [0.4, 0.5) is 11.5 Å². The highest BCUT2D eigenvalue weighted by atomic mass is 32.1. The third kappa shape index (κ3) is 3.72. The Morgan fingerprint density at radius 3 is 2.54 bits per heavy atom. The summed E-state index contributed by atoms with van der Waals surface area (Å²) in [7, 11) is 0. The van der Waals surface area contributed by atoms with Gasteiger partial charge in [-0.3, -0.25) is 4.90 Å². The van der Waals surface area contributed by atoms with Crippen LogP contribution in [0.15, 0.2) is 65.2 Å². The van der Waals surface area contributed by atoms with Gasteiger partial charge in [0.25, 0.3) is 0 Å². The zero-order chi connectivity index (χ0) is 16.9. The molecule has 2 aromatic carbocycles. The quantitative estimate of drug-likeness (QED) is 0.698. The van der Waals surface area contributed by atoms with Gasteiger partial charge in [0.15, 0.2) is 10.9 Å². The minimum Gasteiger partial charge on any atom is -0.508 e. The lowest BCUT2D eigenvalue weighted by atomic mass is 10.2. The normalized spacial score (nSPS) is 10.4. The van der Waals surface area contributed by atoms with Gasteiger partial charge in [0.05, 0.1) is 6.54 Å². The van der Waals surface area contributed by atoms with Gasteiger partial charge < -0.3 is 14.9 Å². The lowest BCUT2D eigenvalue weighted by Gasteiger charge is -2.23. The van der Waals surface area contributed by atoms with E-state index in [4.69, 9.17) is 16.7 Å². The monoisotopic (exact) mass is 339 g/mol. The molecule has 6 heteroatoms. The van der Waals surface area contributed by atoms with Gasteiger partial charge in [-0.15, -0.1) is 0 Å². The maximum absolute atomic E-state index is 10.0. The van der Waals surface area contributed by atoms with Gasteiger partial charge in [-0.2, -0.15) is 0 Å². The molecule has 2 N–H and O–H groups in total. The van der Waals surface area contributed by atoms with E-state index in [9.17, 15) is 5.11 Å². The number of hydrogen-bond donors (Lipinski definition) is 2. The molecule has 1 heterocycles. The summed E-state index contributed by atoms with van der Waals surface area (Å²) < 4.78 is 5.17. The van der Waals surface area contributed by atoms with Crippen LogP contribution in [0.1, 0.15) is 11.3 Å². The molecule has 122 valence electrons. The van der Waals surface area contributed by atoms with E-state index in [1.54, 1.807) is 23.1 Å². The maximum atomic E-state index is 10.0. The highest BCUT2D eigenvalue weighted by Gasteiger charge is 2.18. The van der Waals surface area contributed by atoms with Crippen molar-refractivity contribution in [2.24, 2.45) is 0 Å². The number of aromatic nitrogens is 1. The number of thiocarbonyl (C=S) groups is 1. The van der Waals surface area contributed by atoms with Crippen molar-refractivity contribution in [2.45, 2.75) is 13.5 Å². The van der Waals surface area contributed by atoms with Crippen LogP contribution in [0.2, 0.25) is 0 Å². The van der Waals surface area contributed by atoms with Crippen molar-refractivity contribution in [3.05, 3.63) is 72.0 Å². The molecule has 0 spiro atoms. The van der Waals surface area contributed by atoms with Gasteiger partial charge in [0.1, 0.15) is 11.5 Å². The first-order valence-corrected chi connectivity index (χ1v) is 7.88. The smallest absolute Gasteiger partial charge is 0.179 e. The second kappa shape index (κ2) is 7.14. The summed E-state index contributed by atoms with van der Waals surface area (Å²) in [5.74, 6) is 1.49. The van der Waals surface area contributed by atoms with Gasteiger partial charge in [0.2, 0.25) is 0 Å². The van der Waals surface area contributed by atoms with Crippen molar-refractivity contribution in [3.63, 3.8) is 0 Å². The van der Waals surface area contributed by atoms with Crippen molar-refractivity contribution in [1.82, 2.24) is 5.16 Å². The Balaban J connectivity index is 1.87. The van der Waals surface area contributed by atoms with Gasteiger partial charge in [-0.05, 0) is 37.3 Å². The molecule has 0 amide bonds. The molecule has 24 heavy (non-hydrogen) atoms. The number of aryl methyl sites for hydroxylation is 1. The standard InChI is InChI=1S/C18H17N3O2S/c1-13-11-17(20-23-13)21(12-14-7-5-6-10-16(14)22)18(24)19-15-8-3-2-4-9-15/h2-11,22H,12H2,1H3,(H,19,24). The summed E-state index contributed by atoms with van der Waals surface area (Å²) in [6.07, 6.45) is 0. The van der Waals surface area contributed by atoms with Crippen LogP contribution in [0.25, 0.3) is 0 Å². The number of aromatic hydroxyl groups is 1. The predicted molar refractivity (Wildman–Crippen MR) is 98.2 cm³/mol. The van der Waals surface area contributed by atoms with Crippen LogP contribution in [0.5, 0.6) is 5.75 Å². The third-order valence-electron chi connectivity index (χ3n) is 3.48. The predicted octanol–water partition coefficient (Wildman–Crippen LogP) is 4.09. The number of para-hydroxylation sites is 2. The Bertz CT molecular complexity index is 833. The molecule has 0 saturated heterocycles. The third-order valence-corrected chi connectivity index (χ3v) is 3.80. The Labute approximate surface area is 145 Å². The van der Waals surface area contributed by atoms with E-state index in [0.29, 0.717) is 23.2 Å². The summed E-state index contributed by atoms with van der Waals surface area (Å²) in [5, 5.41) is 17.7. The first-order valence-electron chi connectivity index (χ1n) is 7.47. The first kappa shape index (κ1) is 16.0. The molecule has 1 aromatic heterocycles. The fraction of sp³-hybridized carbons (Fsp3) is 0.111. The van der Waals surface area contributed by atoms with Crippen LogP contribution < -0.4 is 10.2 Å². The Morgan fingerprint density at radius 2 is 1.88 bits per heavy atom. The average Bonchev–Trinajstić information content (AvgIpc) is 3.01. The van der Waals surface area contributed by atoms with Gasteiger partial charge in [-0.25, -0.2) is 0 Å². The van der Waals surface area contributed by atoms with Crippen LogP contribution in [-0.4, -0.2) is 15.4 Å². The highest BCUT2D eigenvalue weighted by molar-refractivity contribution is 7.80. The molecule has 5 nitrogen and oxygen atoms in total. The largest absolute Gasteiger partial charge is 0.508 e. The molecular formula is C18H17N3O2S. The van der Waals surface area contributed by atoms with Crippen molar-refractivity contribution in [1.29, 1.82) is 0 Å². The molecule has 0 fully saturated rings. The molecular weight excluding hydrogens is 322 g/mol. The summed E-state index contributed by atoms with van der Waals surface area (Å²) in [5.41, 5.74) is 1.63. The van der Waals surface area contributed by atoms with E-state index >= 15 is 0 Å². The molecule has 0 bridgehead atoms. The number of rotatable bonds is 4. The number of hydrogen-bond acceptors (Lipinski definition) is 4. The topological polar surface area (TPSA) is 61.5 Å². The van der Waals surface area contributed by atoms with Crippen LogP contribution >= 0.6 is 12.2 Å². The van der Waals surface area contributed by atoms with Crippen molar-refractivity contribution in [2.75, 3.05) is 10.2 Å². The number of anilines is 2. The SMILES string of the molecule is Cc1cc(N(Cc2ccccc2O)C(=S)Nc2ccccc2)no1. The molecule has 3 rings (SSSR count). The molecule has 3 aromatic rings. The van der Waals surface area contributed by atoms with Crippen LogP contribution in [-0.2, 0) is 6.54 Å². The van der Waals surface area contributed by atoms with Crippen LogP contribution in [0, 0.1) is 6.92 Å². The number of nitrogens with zero attached hydrogens (tertiary/aromatic N) is 2. The maximum Gasteiger partial charge on any atom is 0.179 e. The Morgan fingerprint density at radius 1 is 1.17 bits per heavy atom. The average molecular weight is 339 g/mol. The lowest BCUT2D eigenvalue weighted by Crippen LogP contribution is -2.34. The van der Waals surface area contributed by atoms with Crippen molar-refractivity contribution < 1.29 is 9.63 Å². The summed E-state index contributed by atoms with van der Waals surface area (Å²) >= 11 is 5.54. The Kier molecular flexibility index (Phi) is 4.77. The zero-order valence-corrected chi connectivity index (χ0v) is 14.0. The fourth-order valence-electron chi connectivity index (χ4n) is 2.26. The minimum atomic E-state index is 0.213. The second-order valence-electron chi connectivity index (χ2n) is 5.31. The molecule has 0 aliphatic rings. The fourth-order valence-corrected chi connectivity index (χ4v) is 2.54. The lowest BCUT2D eigenvalue weighted by molar-refractivity contribution is 0.398. The zero-order valence-electron chi connectivity index (χ0n) is 13.1. The van der Waals surface area contributed by atoms with Gasteiger partial charge in [0, 0.05) is 17.3 Å². The molecule has 0 atom stereocenters. The number of benzene rings is 2. The summed E-state index contributed by atoms with van der Waals surface area (Å²) in [6.45, 7) is 2.19. The van der Waals surface area contributed by atoms with E-state index in [-0.39, 0.29) is 5.75 Å². The van der Waals surface area contributed by atoms with E-state index < -0.39 is 0 Å². The molecule has 0 unspecified atom stereocenters. The van der Waals surface area contributed by atoms with Crippen LogP contribution in [0.3, 0.4) is 0 Å². The molecule has 0 aliphatic carbocycles. The van der Waals surface area contributed by atoms with Crippen molar-refractivity contribution >= 4 is 28.8 Å². The Hall–Kier alpha value is -2.86. The number of nitrogens with one attached hydrogen (secondary N) is 1. The van der Waals surface area contributed by atoms with E-state index in [2.05, 4.69) is 10.5 Å².